The third-order valence-electron chi connectivity index (χ3n) is 4.59. The largest absolute Gasteiger partial charge is 0.409 e. The zero-order valence-electron chi connectivity index (χ0n) is 15.5. The first-order valence-electron chi connectivity index (χ1n) is 9.02. The number of benzene rings is 3. The van der Waals surface area contributed by atoms with Gasteiger partial charge in [0, 0.05) is 23.3 Å². The lowest BCUT2D eigenvalue weighted by atomic mass is 10.0. The molecule has 0 aromatic heterocycles. The number of nitrogens with zero attached hydrogens (tertiary/aromatic N) is 4. The Hall–Kier alpha value is -4.13. The van der Waals surface area contributed by atoms with Crippen LogP contribution in [0.4, 0.5) is 5.69 Å². The number of hydrazone groups is 1. The molecule has 7 nitrogen and oxygen atoms in total. The molecule has 0 unspecified atom stereocenters. The lowest BCUT2D eigenvalue weighted by Crippen LogP contribution is -2.26. The van der Waals surface area contributed by atoms with E-state index in [9.17, 15) is 10.1 Å². The first-order valence-corrected chi connectivity index (χ1v) is 9.02. The number of nitro benzene ring substituents is 1. The third-order valence-corrected chi connectivity index (χ3v) is 4.59. The number of nitro groups is 1. The second kappa shape index (κ2) is 7.85. The van der Waals surface area contributed by atoms with Crippen LogP contribution >= 0.6 is 0 Å². The molecule has 142 valence electrons. The van der Waals surface area contributed by atoms with E-state index in [0.717, 1.165) is 22.4 Å². The van der Waals surface area contributed by atoms with Gasteiger partial charge in [-0.05, 0) is 11.1 Å². The van der Waals surface area contributed by atoms with Gasteiger partial charge < -0.3 is 0 Å². The number of non-ortho nitro benzene ring substituents is 1. The van der Waals surface area contributed by atoms with Crippen molar-refractivity contribution in [1.29, 1.82) is 0 Å². The molecule has 0 atom stereocenters. The van der Waals surface area contributed by atoms with Gasteiger partial charge in [-0.3, -0.25) is 15.8 Å². The molecule has 29 heavy (non-hydrogen) atoms. The Morgan fingerprint density at radius 1 is 0.966 bits per heavy atom. The summed E-state index contributed by atoms with van der Waals surface area (Å²) in [7, 11) is 0. The molecule has 1 heterocycles. The van der Waals surface area contributed by atoms with E-state index in [-0.39, 0.29) is 11.6 Å². The summed E-state index contributed by atoms with van der Waals surface area (Å²) in [5.74, 6) is 0.286. The molecule has 0 bridgehead atoms. The van der Waals surface area contributed by atoms with Gasteiger partial charge in [0.05, 0.1) is 11.1 Å². The van der Waals surface area contributed by atoms with Crippen LogP contribution in [0, 0.1) is 10.1 Å². The summed E-state index contributed by atoms with van der Waals surface area (Å²) in [5.41, 5.74) is 10.7. The summed E-state index contributed by atoms with van der Waals surface area (Å²) >= 11 is 0. The average molecular weight is 384 g/mol. The van der Waals surface area contributed by atoms with E-state index in [1.165, 1.54) is 12.1 Å². The van der Waals surface area contributed by atoms with Crippen molar-refractivity contribution in [3.8, 4) is 11.1 Å². The fourth-order valence-electron chi connectivity index (χ4n) is 3.10. The SMILES string of the molecule is NC1=NCC(c2ccc(-c3ccccc3)cc2)=[N+]1N=Cc1cccc([N+](=O)[O-])c1. The number of hydrogen-bond acceptors (Lipinski definition) is 5. The smallest absolute Gasteiger partial charge is 0.286 e. The normalized spacial score (nSPS) is 13.7. The number of guanidine groups is 1. The van der Waals surface area contributed by atoms with Crippen LogP contribution in [0.25, 0.3) is 11.1 Å². The molecular weight excluding hydrogens is 366 g/mol. The van der Waals surface area contributed by atoms with E-state index >= 15 is 0 Å². The number of rotatable bonds is 5. The maximum Gasteiger partial charge on any atom is 0.409 e. The van der Waals surface area contributed by atoms with Crippen molar-refractivity contribution in [2.75, 3.05) is 6.54 Å². The van der Waals surface area contributed by atoms with Crippen LogP contribution in [0.5, 0.6) is 0 Å². The molecule has 3 aromatic carbocycles. The Morgan fingerprint density at radius 2 is 1.66 bits per heavy atom. The van der Waals surface area contributed by atoms with Gasteiger partial charge in [0.15, 0.2) is 12.3 Å². The van der Waals surface area contributed by atoms with E-state index < -0.39 is 4.92 Å². The topological polar surface area (TPSA) is 96.9 Å². The van der Waals surface area contributed by atoms with Gasteiger partial charge in [-0.25, -0.2) is 0 Å². The molecule has 4 rings (SSSR count). The molecule has 3 aromatic rings. The van der Waals surface area contributed by atoms with Crippen molar-refractivity contribution in [3.05, 3.63) is 100 Å². The van der Waals surface area contributed by atoms with Crippen molar-refractivity contribution in [2.24, 2.45) is 15.8 Å². The van der Waals surface area contributed by atoms with Crippen molar-refractivity contribution >= 4 is 23.6 Å². The van der Waals surface area contributed by atoms with E-state index in [1.807, 2.05) is 30.3 Å². The summed E-state index contributed by atoms with van der Waals surface area (Å²) in [5, 5.41) is 15.3. The van der Waals surface area contributed by atoms with Crippen LogP contribution in [-0.4, -0.2) is 34.0 Å². The molecule has 0 fully saturated rings. The fraction of sp³-hybridized carbons (Fsp3) is 0.0455. The monoisotopic (exact) mass is 384 g/mol. The minimum atomic E-state index is -0.436. The number of nitrogens with two attached hydrogens (primary N) is 1. The van der Waals surface area contributed by atoms with Gasteiger partial charge in [0.1, 0.15) is 0 Å². The van der Waals surface area contributed by atoms with Crippen molar-refractivity contribution in [3.63, 3.8) is 0 Å². The predicted molar refractivity (Wildman–Crippen MR) is 113 cm³/mol. The maximum absolute atomic E-state index is 10.9. The lowest BCUT2D eigenvalue weighted by molar-refractivity contribution is -0.410. The number of aliphatic imine (C=N–C) groups is 1. The second-order valence-corrected chi connectivity index (χ2v) is 6.47. The van der Waals surface area contributed by atoms with E-state index in [0.29, 0.717) is 12.1 Å². The zero-order chi connectivity index (χ0) is 20.2. The molecule has 0 radical (unpaired) electrons. The van der Waals surface area contributed by atoms with Crippen molar-refractivity contribution in [1.82, 2.24) is 0 Å². The molecule has 7 heteroatoms. The Labute approximate surface area is 167 Å². The average Bonchev–Trinajstić information content (AvgIpc) is 3.13. The van der Waals surface area contributed by atoms with Crippen LogP contribution in [0.2, 0.25) is 0 Å². The zero-order valence-corrected chi connectivity index (χ0v) is 15.5. The minimum absolute atomic E-state index is 0.0118. The van der Waals surface area contributed by atoms with Gasteiger partial charge in [-0.2, -0.15) is 0 Å². The fourth-order valence-corrected chi connectivity index (χ4v) is 3.10. The van der Waals surface area contributed by atoms with Crippen molar-refractivity contribution < 1.29 is 9.61 Å². The molecule has 0 spiro atoms. The Bertz CT molecular complexity index is 1150. The van der Waals surface area contributed by atoms with Gasteiger partial charge in [0.2, 0.25) is 0 Å². The molecule has 0 saturated carbocycles. The molecule has 2 N–H and O–H groups in total. The molecular formula is C22H18N5O2+. The summed E-state index contributed by atoms with van der Waals surface area (Å²) in [6.45, 7) is 0.419. The molecule has 0 aliphatic carbocycles. The minimum Gasteiger partial charge on any atom is -0.286 e. The van der Waals surface area contributed by atoms with Crippen molar-refractivity contribution in [2.45, 2.75) is 0 Å². The highest BCUT2D eigenvalue weighted by Crippen LogP contribution is 2.20. The number of hydrogen-bond donors (Lipinski definition) is 1. The Morgan fingerprint density at radius 3 is 2.38 bits per heavy atom. The van der Waals surface area contributed by atoms with Crippen LogP contribution in [0.3, 0.4) is 0 Å². The maximum atomic E-state index is 10.9. The lowest BCUT2D eigenvalue weighted by Gasteiger charge is -2.04. The van der Waals surface area contributed by atoms with Crippen LogP contribution in [0.15, 0.2) is 89.0 Å². The predicted octanol–water partition coefficient (Wildman–Crippen LogP) is 3.43. The van der Waals surface area contributed by atoms with E-state index in [1.54, 1.807) is 23.0 Å². The summed E-state index contributed by atoms with van der Waals surface area (Å²) < 4.78 is 1.57. The molecule has 1 aliphatic heterocycles. The van der Waals surface area contributed by atoms with Crippen LogP contribution in [0.1, 0.15) is 11.1 Å². The highest BCUT2D eigenvalue weighted by atomic mass is 16.6. The van der Waals surface area contributed by atoms with Gasteiger partial charge in [-0.1, -0.05) is 66.7 Å². The third kappa shape index (κ3) is 3.93. The standard InChI is InChI=1S/C22H18N5O2/c23-22-24-15-21(19-11-9-18(10-12-19)17-6-2-1-3-7-17)26(22)25-14-16-5-4-8-20(13-16)27(28)29/h1-14H,15H2,(H2,23,24)/q+1. The van der Waals surface area contributed by atoms with Gasteiger partial charge in [0.25, 0.3) is 5.69 Å². The van der Waals surface area contributed by atoms with E-state index in [4.69, 9.17) is 5.73 Å². The van der Waals surface area contributed by atoms with E-state index in [2.05, 4.69) is 34.4 Å². The van der Waals surface area contributed by atoms with Gasteiger partial charge in [-0.15, -0.1) is 14.8 Å². The highest BCUT2D eigenvalue weighted by molar-refractivity contribution is 6.04. The van der Waals surface area contributed by atoms with Crippen LogP contribution < -0.4 is 5.73 Å². The Balaban J connectivity index is 1.64. The molecule has 1 aliphatic rings. The first-order chi connectivity index (χ1) is 14.1. The highest BCUT2D eigenvalue weighted by Gasteiger charge is 2.24. The molecule has 0 amide bonds. The van der Waals surface area contributed by atoms with Gasteiger partial charge >= 0.3 is 5.96 Å². The summed E-state index contributed by atoms with van der Waals surface area (Å²) in [6, 6.07) is 24.5. The first kappa shape index (κ1) is 18.2. The molecule has 0 saturated heterocycles. The Kier molecular flexibility index (Phi) is 4.94. The summed E-state index contributed by atoms with van der Waals surface area (Å²) in [4.78, 5) is 14.8. The van der Waals surface area contributed by atoms with Crippen LogP contribution in [-0.2, 0) is 0 Å². The quantitative estimate of drug-likeness (QED) is 0.316. The second-order valence-electron chi connectivity index (χ2n) is 6.47. The summed E-state index contributed by atoms with van der Waals surface area (Å²) in [6.07, 6.45) is 1.54.